The third kappa shape index (κ3) is 3.50. The van der Waals surface area contributed by atoms with Gasteiger partial charge in [0.15, 0.2) is 0 Å². The van der Waals surface area contributed by atoms with Crippen molar-refractivity contribution in [1.82, 2.24) is 4.98 Å². The summed E-state index contributed by atoms with van der Waals surface area (Å²) in [6.45, 7) is 0. The fraction of sp³-hybridized carbons (Fsp3) is 0. The number of hydrogen-bond donors (Lipinski definition) is 2. The Morgan fingerprint density at radius 2 is 1.95 bits per heavy atom. The summed E-state index contributed by atoms with van der Waals surface area (Å²) < 4.78 is 0. The number of nitro groups is 2. The highest BCUT2D eigenvalue weighted by atomic mass is 16.6. The van der Waals surface area contributed by atoms with Gasteiger partial charge < -0.3 is 5.11 Å². The molecule has 22 heavy (non-hydrogen) atoms. The Hall–Kier alpha value is -3.56. The Morgan fingerprint density at radius 3 is 2.55 bits per heavy atom. The van der Waals surface area contributed by atoms with Crippen LogP contribution in [0.25, 0.3) is 0 Å². The van der Waals surface area contributed by atoms with Crippen LogP contribution in [0.3, 0.4) is 0 Å². The van der Waals surface area contributed by atoms with Crippen molar-refractivity contribution in [3.8, 4) is 5.75 Å². The molecule has 0 aliphatic carbocycles. The van der Waals surface area contributed by atoms with E-state index in [1.807, 2.05) is 0 Å². The van der Waals surface area contributed by atoms with E-state index in [0.717, 1.165) is 18.5 Å². The molecule has 2 aromatic rings. The van der Waals surface area contributed by atoms with Gasteiger partial charge in [-0.05, 0) is 18.2 Å². The first kappa shape index (κ1) is 14.8. The molecule has 0 spiro atoms. The molecule has 0 radical (unpaired) electrons. The van der Waals surface area contributed by atoms with E-state index in [4.69, 9.17) is 0 Å². The van der Waals surface area contributed by atoms with Crippen molar-refractivity contribution >= 4 is 23.4 Å². The molecule has 2 N–H and O–H groups in total. The summed E-state index contributed by atoms with van der Waals surface area (Å²) in [7, 11) is 0. The fourth-order valence-corrected chi connectivity index (χ4v) is 1.54. The molecule has 0 saturated heterocycles. The van der Waals surface area contributed by atoms with Crippen LogP contribution in [0.2, 0.25) is 0 Å². The molecule has 1 heterocycles. The number of benzene rings is 1. The van der Waals surface area contributed by atoms with Crippen LogP contribution in [0.1, 0.15) is 5.56 Å². The van der Waals surface area contributed by atoms with Crippen molar-refractivity contribution in [2.24, 2.45) is 5.10 Å². The zero-order valence-corrected chi connectivity index (χ0v) is 10.9. The molecule has 0 fully saturated rings. The number of rotatable bonds is 5. The largest absolute Gasteiger partial charge is 0.508 e. The van der Waals surface area contributed by atoms with E-state index in [2.05, 4.69) is 15.5 Å². The number of phenolic OH excluding ortho intramolecular Hbond substituents is 1. The summed E-state index contributed by atoms with van der Waals surface area (Å²) in [5, 5.41) is 34.4. The Bertz CT molecular complexity index is 744. The molecule has 1 aromatic carbocycles. The SMILES string of the molecule is O=[N+]([O-])c1ccc(N/N=C/c2cc(O)ccc2[N+](=O)[O-])nc1. The molecule has 10 nitrogen and oxygen atoms in total. The molecular weight excluding hydrogens is 294 g/mol. The summed E-state index contributed by atoms with van der Waals surface area (Å²) >= 11 is 0. The van der Waals surface area contributed by atoms with Gasteiger partial charge in [-0.1, -0.05) is 0 Å². The lowest BCUT2D eigenvalue weighted by Gasteiger charge is -2.00. The number of aromatic hydroxyl groups is 1. The first-order valence-electron chi connectivity index (χ1n) is 5.84. The maximum absolute atomic E-state index is 10.8. The fourth-order valence-electron chi connectivity index (χ4n) is 1.54. The summed E-state index contributed by atoms with van der Waals surface area (Å²) in [6.07, 6.45) is 2.19. The minimum atomic E-state index is -0.606. The van der Waals surface area contributed by atoms with Gasteiger partial charge in [-0.3, -0.25) is 25.7 Å². The lowest BCUT2D eigenvalue weighted by molar-refractivity contribution is -0.385. The highest BCUT2D eigenvalue weighted by Gasteiger charge is 2.12. The topological polar surface area (TPSA) is 144 Å². The molecule has 0 unspecified atom stereocenters. The number of nitro benzene ring substituents is 1. The highest BCUT2D eigenvalue weighted by molar-refractivity contribution is 5.86. The van der Waals surface area contributed by atoms with Crippen LogP contribution in [0.5, 0.6) is 5.75 Å². The van der Waals surface area contributed by atoms with Gasteiger partial charge in [-0.15, -0.1) is 0 Å². The number of aromatic nitrogens is 1. The Balaban J connectivity index is 2.14. The van der Waals surface area contributed by atoms with E-state index in [-0.39, 0.29) is 28.5 Å². The van der Waals surface area contributed by atoms with Gasteiger partial charge in [0.25, 0.3) is 11.4 Å². The summed E-state index contributed by atoms with van der Waals surface area (Å²) in [5.41, 5.74) is 2.18. The Morgan fingerprint density at radius 1 is 1.18 bits per heavy atom. The standard InChI is InChI=1S/C12H9N5O5/c18-10-2-3-11(17(21)22)8(5-10)6-14-15-12-4-1-9(7-13-12)16(19)20/h1-7,18H,(H,13,15)/b14-6+. The normalized spacial score (nSPS) is 10.5. The van der Waals surface area contributed by atoms with Crippen molar-refractivity contribution in [1.29, 1.82) is 0 Å². The average Bonchev–Trinajstić information content (AvgIpc) is 2.47. The average molecular weight is 303 g/mol. The van der Waals surface area contributed by atoms with Crippen LogP contribution >= 0.6 is 0 Å². The highest BCUT2D eigenvalue weighted by Crippen LogP contribution is 2.21. The Kier molecular flexibility index (Phi) is 4.22. The van der Waals surface area contributed by atoms with Gasteiger partial charge >= 0.3 is 0 Å². The maximum Gasteiger partial charge on any atom is 0.287 e. The second kappa shape index (κ2) is 6.26. The van der Waals surface area contributed by atoms with Crippen LogP contribution in [0.15, 0.2) is 41.6 Å². The van der Waals surface area contributed by atoms with Crippen LogP contribution in [-0.2, 0) is 0 Å². The van der Waals surface area contributed by atoms with Crippen LogP contribution < -0.4 is 5.43 Å². The van der Waals surface area contributed by atoms with Crippen LogP contribution in [0, 0.1) is 20.2 Å². The predicted octanol–water partition coefficient (Wildman–Crippen LogP) is 2.05. The van der Waals surface area contributed by atoms with Gasteiger partial charge in [0, 0.05) is 12.1 Å². The monoisotopic (exact) mass is 303 g/mol. The van der Waals surface area contributed by atoms with Gasteiger partial charge in [0.2, 0.25) is 0 Å². The van der Waals surface area contributed by atoms with Gasteiger partial charge in [0.05, 0.1) is 21.6 Å². The molecule has 0 amide bonds. The molecule has 0 bridgehead atoms. The molecule has 0 saturated carbocycles. The molecule has 0 aliphatic rings. The molecular formula is C12H9N5O5. The second-order valence-electron chi connectivity index (χ2n) is 4.03. The second-order valence-corrected chi connectivity index (χ2v) is 4.03. The lowest BCUT2D eigenvalue weighted by Crippen LogP contribution is -1.97. The number of phenols is 1. The van der Waals surface area contributed by atoms with Crippen molar-refractivity contribution in [3.05, 3.63) is 62.3 Å². The summed E-state index contributed by atoms with van der Waals surface area (Å²) in [6, 6.07) is 6.11. The molecule has 2 rings (SSSR count). The number of nitrogens with one attached hydrogen (secondary N) is 1. The van der Waals surface area contributed by atoms with Crippen molar-refractivity contribution in [2.45, 2.75) is 0 Å². The first-order chi connectivity index (χ1) is 10.5. The van der Waals surface area contributed by atoms with E-state index in [0.29, 0.717) is 0 Å². The van der Waals surface area contributed by atoms with E-state index in [1.165, 1.54) is 24.3 Å². The zero-order chi connectivity index (χ0) is 16.1. The van der Waals surface area contributed by atoms with E-state index in [1.54, 1.807) is 0 Å². The lowest BCUT2D eigenvalue weighted by atomic mass is 10.2. The number of nitrogens with zero attached hydrogens (tertiary/aromatic N) is 4. The van der Waals surface area contributed by atoms with Crippen molar-refractivity contribution in [2.75, 3.05) is 5.43 Å². The minimum Gasteiger partial charge on any atom is -0.508 e. The molecule has 0 atom stereocenters. The maximum atomic E-state index is 10.8. The smallest absolute Gasteiger partial charge is 0.287 e. The zero-order valence-electron chi connectivity index (χ0n) is 10.9. The number of hydrazone groups is 1. The molecule has 0 aliphatic heterocycles. The third-order valence-corrected chi connectivity index (χ3v) is 2.55. The minimum absolute atomic E-state index is 0.0967. The predicted molar refractivity (Wildman–Crippen MR) is 76.9 cm³/mol. The number of hydrogen-bond acceptors (Lipinski definition) is 8. The summed E-state index contributed by atoms with van der Waals surface area (Å²) in [5.74, 6) is 0.0881. The van der Waals surface area contributed by atoms with Crippen molar-refractivity contribution < 1.29 is 15.0 Å². The van der Waals surface area contributed by atoms with Gasteiger partial charge in [-0.2, -0.15) is 5.10 Å². The molecule has 112 valence electrons. The van der Waals surface area contributed by atoms with E-state index < -0.39 is 9.85 Å². The third-order valence-electron chi connectivity index (χ3n) is 2.55. The van der Waals surface area contributed by atoms with E-state index >= 15 is 0 Å². The van der Waals surface area contributed by atoms with Crippen LogP contribution in [-0.4, -0.2) is 26.2 Å². The van der Waals surface area contributed by atoms with Crippen molar-refractivity contribution in [3.63, 3.8) is 0 Å². The van der Waals surface area contributed by atoms with Crippen LogP contribution in [0.4, 0.5) is 17.2 Å². The summed E-state index contributed by atoms with van der Waals surface area (Å²) in [4.78, 5) is 23.9. The Labute approximate surface area is 123 Å². The molecule has 10 heteroatoms. The van der Waals surface area contributed by atoms with Gasteiger partial charge in [0.1, 0.15) is 17.8 Å². The number of pyridine rings is 1. The number of anilines is 1. The molecule has 1 aromatic heterocycles. The first-order valence-corrected chi connectivity index (χ1v) is 5.84. The van der Waals surface area contributed by atoms with E-state index in [9.17, 15) is 25.3 Å². The van der Waals surface area contributed by atoms with Gasteiger partial charge in [-0.25, -0.2) is 4.98 Å². The quantitative estimate of drug-likeness (QED) is 0.488.